The minimum absolute atomic E-state index is 0.179. The van der Waals surface area contributed by atoms with E-state index in [4.69, 9.17) is 0 Å². The van der Waals surface area contributed by atoms with Gasteiger partial charge in [0.25, 0.3) is 0 Å². The van der Waals surface area contributed by atoms with Crippen molar-refractivity contribution in [2.75, 3.05) is 18.1 Å². The van der Waals surface area contributed by atoms with Crippen molar-refractivity contribution in [1.29, 1.82) is 0 Å². The molecular formula is C12H14N4OS. The van der Waals surface area contributed by atoms with Crippen molar-refractivity contribution in [3.05, 3.63) is 24.4 Å². The minimum atomic E-state index is 0.179. The third-order valence-corrected chi connectivity index (χ3v) is 4.11. The van der Waals surface area contributed by atoms with Crippen LogP contribution in [0.15, 0.2) is 24.4 Å². The summed E-state index contributed by atoms with van der Waals surface area (Å²) in [5, 5.41) is 19.4. The smallest absolute Gasteiger partial charge is 0.208 e. The van der Waals surface area contributed by atoms with Crippen molar-refractivity contribution < 1.29 is 5.11 Å². The fourth-order valence-corrected chi connectivity index (χ4v) is 3.12. The highest BCUT2D eigenvalue weighted by Gasteiger charge is 2.26. The quantitative estimate of drug-likeness (QED) is 0.909. The molecule has 3 heterocycles. The van der Waals surface area contributed by atoms with Crippen LogP contribution < -0.4 is 4.90 Å². The molecule has 2 aromatic heterocycles. The number of pyridine rings is 1. The minimum Gasteiger partial charge on any atom is -0.394 e. The number of aromatic nitrogens is 3. The zero-order valence-corrected chi connectivity index (χ0v) is 10.7. The number of hydrogen-bond acceptors (Lipinski definition) is 6. The number of nitrogens with zero attached hydrogens (tertiary/aromatic N) is 4. The molecule has 0 aromatic carbocycles. The molecule has 2 aromatic rings. The fraction of sp³-hybridized carbons (Fsp3) is 0.417. The largest absolute Gasteiger partial charge is 0.394 e. The summed E-state index contributed by atoms with van der Waals surface area (Å²) in [7, 11) is 0. The van der Waals surface area contributed by atoms with Crippen LogP contribution in [-0.4, -0.2) is 39.5 Å². The Balaban J connectivity index is 1.86. The molecule has 1 fully saturated rings. The van der Waals surface area contributed by atoms with E-state index in [1.807, 2.05) is 18.2 Å². The van der Waals surface area contributed by atoms with E-state index in [2.05, 4.69) is 20.1 Å². The maximum absolute atomic E-state index is 9.32. The number of aliphatic hydroxyl groups is 1. The second-order valence-electron chi connectivity index (χ2n) is 4.28. The van der Waals surface area contributed by atoms with Crippen molar-refractivity contribution in [2.45, 2.75) is 18.9 Å². The molecule has 0 saturated carbocycles. The molecule has 1 saturated heterocycles. The van der Waals surface area contributed by atoms with Gasteiger partial charge in [-0.15, -0.1) is 10.2 Å². The average Bonchev–Trinajstić information content (AvgIpc) is 3.08. The molecule has 3 rings (SSSR count). The number of hydrogen-bond donors (Lipinski definition) is 1. The summed E-state index contributed by atoms with van der Waals surface area (Å²) < 4.78 is 0. The van der Waals surface area contributed by atoms with Gasteiger partial charge in [0, 0.05) is 12.7 Å². The summed E-state index contributed by atoms with van der Waals surface area (Å²) >= 11 is 1.53. The first-order valence-electron chi connectivity index (χ1n) is 6.01. The van der Waals surface area contributed by atoms with Crippen LogP contribution in [0.25, 0.3) is 10.7 Å². The maximum Gasteiger partial charge on any atom is 0.208 e. The Bertz CT molecular complexity index is 516. The zero-order chi connectivity index (χ0) is 12.4. The molecule has 0 aliphatic carbocycles. The van der Waals surface area contributed by atoms with Crippen LogP contribution in [0, 0.1) is 0 Å². The lowest BCUT2D eigenvalue weighted by Crippen LogP contribution is -2.31. The first kappa shape index (κ1) is 11.6. The number of rotatable bonds is 3. The molecule has 6 heteroatoms. The van der Waals surface area contributed by atoms with E-state index in [0.29, 0.717) is 0 Å². The van der Waals surface area contributed by atoms with Gasteiger partial charge in [-0.25, -0.2) is 0 Å². The predicted molar refractivity (Wildman–Crippen MR) is 70.6 cm³/mol. The molecule has 0 spiro atoms. The van der Waals surface area contributed by atoms with E-state index in [0.717, 1.165) is 35.2 Å². The molecule has 1 atom stereocenters. The van der Waals surface area contributed by atoms with Gasteiger partial charge in [0.05, 0.1) is 12.6 Å². The van der Waals surface area contributed by atoms with Gasteiger partial charge in [-0.1, -0.05) is 17.4 Å². The van der Waals surface area contributed by atoms with Crippen LogP contribution in [0.2, 0.25) is 0 Å². The van der Waals surface area contributed by atoms with Crippen molar-refractivity contribution in [3.63, 3.8) is 0 Å². The fourth-order valence-electron chi connectivity index (χ4n) is 2.20. The Morgan fingerprint density at radius 2 is 2.33 bits per heavy atom. The Morgan fingerprint density at radius 3 is 3.11 bits per heavy atom. The van der Waals surface area contributed by atoms with Crippen LogP contribution in [-0.2, 0) is 0 Å². The number of aliphatic hydroxyl groups excluding tert-OH is 1. The molecule has 0 radical (unpaired) electrons. The molecule has 1 aliphatic heterocycles. The van der Waals surface area contributed by atoms with E-state index in [-0.39, 0.29) is 12.6 Å². The lowest BCUT2D eigenvalue weighted by Gasteiger charge is -2.20. The van der Waals surface area contributed by atoms with Crippen LogP contribution in [0.3, 0.4) is 0 Å². The second-order valence-corrected chi connectivity index (χ2v) is 5.23. The van der Waals surface area contributed by atoms with Gasteiger partial charge in [-0.3, -0.25) is 4.98 Å². The first-order chi connectivity index (χ1) is 8.88. The summed E-state index contributed by atoms with van der Waals surface area (Å²) in [6.07, 6.45) is 3.88. The van der Waals surface area contributed by atoms with Crippen molar-refractivity contribution >= 4 is 16.5 Å². The van der Waals surface area contributed by atoms with E-state index in [1.165, 1.54) is 11.3 Å². The van der Waals surface area contributed by atoms with Crippen LogP contribution in [0.1, 0.15) is 12.8 Å². The van der Waals surface area contributed by atoms with Crippen LogP contribution >= 0.6 is 11.3 Å². The normalized spacial score (nSPS) is 19.4. The summed E-state index contributed by atoms with van der Waals surface area (Å²) in [6.45, 7) is 1.13. The molecule has 0 bridgehead atoms. The van der Waals surface area contributed by atoms with Gasteiger partial charge < -0.3 is 10.0 Å². The van der Waals surface area contributed by atoms with Crippen molar-refractivity contribution in [1.82, 2.24) is 15.2 Å². The molecule has 18 heavy (non-hydrogen) atoms. The third kappa shape index (κ3) is 2.09. The van der Waals surface area contributed by atoms with Gasteiger partial charge in [0.15, 0.2) is 5.01 Å². The van der Waals surface area contributed by atoms with Crippen molar-refractivity contribution in [2.24, 2.45) is 0 Å². The van der Waals surface area contributed by atoms with Crippen LogP contribution in [0.5, 0.6) is 0 Å². The van der Waals surface area contributed by atoms with E-state index in [1.54, 1.807) is 6.20 Å². The zero-order valence-electron chi connectivity index (χ0n) is 9.86. The summed E-state index contributed by atoms with van der Waals surface area (Å²) in [5.74, 6) is 0. The monoisotopic (exact) mass is 262 g/mol. The van der Waals surface area contributed by atoms with E-state index in [9.17, 15) is 5.11 Å². The summed E-state index contributed by atoms with van der Waals surface area (Å²) in [4.78, 5) is 6.41. The van der Waals surface area contributed by atoms with Gasteiger partial charge >= 0.3 is 0 Å². The number of anilines is 1. The summed E-state index contributed by atoms with van der Waals surface area (Å²) in [6, 6.07) is 5.94. The SMILES string of the molecule is OC[C@@H]1CCCN1c1nnc(-c2ccccn2)s1. The molecule has 0 unspecified atom stereocenters. The van der Waals surface area contributed by atoms with Gasteiger partial charge in [0.1, 0.15) is 5.69 Å². The highest BCUT2D eigenvalue weighted by atomic mass is 32.1. The molecule has 1 aliphatic rings. The highest BCUT2D eigenvalue weighted by molar-refractivity contribution is 7.18. The predicted octanol–water partition coefficient (Wildman–Crippen LogP) is 1.56. The maximum atomic E-state index is 9.32. The molecule has 5 nitrogen and oxygen atoms in total. The van der Waals surface area contributed by atoms with Gasteiger partial charge in [-0.2, -0.15) is 0 Å². The average molecular weight is 262 g/mol. The Hall–Kier alpha value is -1.53. The molecule has 94 valence electrons. The standard InChI is InChI=1S/C12H14N4OS/c17-8-9-4-3-7-16(9)12-15-14-11(18-12)10-5-1-2-6-13-10/h1-2,5-6,9,17H,3-4,7-8H2/t9-/m0/s1. The lowest BCUT2D eigenvalue weighted by molar-refractivity contribution is 0.266. The second kappa shape index (κ2) is 4.99. The lowest BCUT2D eigenvalue weighted by atomic mass is 10.2. The highest BCUT2D eigenvalue weighted by Crippen LogP contribution is 2.31. The summed E-state index contributed by atoms with van der Waals surface area (Å²) in [5.41, 5.74) is 0.848. The van der Waals surface area contributed by atoms with Crippen LogP contribution in [0.4, 0.5) is 5.13 Å². The Morgan fingerprint density at radius 1 is 1.39 bits per heavy atom. The van der Waals surface area contributed by atoms with E-state index >= 15 is 0 Å². The Labute approximate surface area is 109 Å². The van der Waals surface area contributed by atoms with Gasteiger partial charge in [0.2, 0.25) is 5.13 Å². The first-order valence-corrected chi connectivity index (χ1v) is 6.82. The van der Waals surface area contributed by atoms with Crippen molar-refractivity contribution in [3.8, 4) is 10.7 Å². The topological polar surface area (TPSA) is 62.1 Å². The van der Waals surface area contributed by atoms with E-state index < -0.39 is 0 Å². The Kier molecular flexibility index (Phi) is 3.21. The molecule has 0 amide bonds. The molecule has 1 N–H and O–H groups in total. The third-order valence-electron chi connectivity index (χ3n) is 3.13. The van der Waals surface area contributed by atoms with Gasteiger partial charge in [-0.05, 0) is 25.0 Å². The molecular weight excluding hydrogens is 248 g/mol.